The highest BCUT2D eigenvalue weighted by Gasteiger charge is 2.33. The molecule has 0 aliphatic carbocycles. The Kier molecular flexibility index (Phi) is 2.01. The molecule has 0 aromatic heterocycles. The minimum Gasteiger partial charge on any atom is -0.318 e. The van der Waals surface area contributed by atoms with Crippen LogP contribution >= 0.6 is 0 Å². The van der Waals surface area contributed by atoms with Gasteiger partial charge in [0.1, 0.15) is 0 Å². The molecule has 1 heterocycles. The zero-order chi connectivity index (χ0) is 12.0. The number of hydrogen-bond donors (Lipinski definition) is 1. The summed E-state index contributed by atoms with van der Waals surface area (Å²) in [5, 5.41) is 13.2. The van der Waals surface area contributed by atoms with Crippen LogP contribution in [0.2, 0.25) is 0 Å². The van der Waals surface area contributed by atoms with Gasteiger partial charge in [-0.1, -0.05) is 0 Å². The number of Topliss-reactive ketones (excluding diaryl/α,β-unsaturated/α-hetero) is 1. The summed E-state index contributed by atoms with van der Waals surface area (Å²) in [7, 11) is 0. The van der Waals surface area contributed by atoms with Crippen LogP contribution in [0, 0.1) is 24.0 Å². The third-order valence-corrected chi connectivity index (χ3v) is 2.76. The second kappa shape index (κ2) is 3.13. The van der Waals surface area contributed by atoms with Gasteiger partial charge in [-0.25, -0.2) is 0 Å². The normalized spacial score (nSPS) is 13.6. The third kappa shape index (κ3) is 1.19. The molecule has 0 fully saturated rings. The van der Waals surface area contributed by atoms with Gasteiger partial charge in [-0.3, -0.25) is 19.7 Å². The summed E-state index contributed by atoms with van der Waals surface area (Å²) in [5.41, 5.74) is 1.35. The number of rotatable bonds is 1. The van der Waals surface area contributed by atoms with Gasteiger partial charge < -0.3 is 5.32 Å². The molecular weight excluding hydrogens is 212 g/mol. The molecule has 0 saturated carbocycles. The van der Waals surface area contributed by atoms with E-state index in [4.69, 9.17) is 0 Å². The maximum absolute atomic E-state index is 11.4. The van der Waals surface area contributed by atoms with Crippen molar-refractivity contribution in [1.82, 2.24) is 0 Å². The minimum atomic E-state index is -0.738. The predicted molar refractivity (Wildman–Crippen MR) is 55.5 cm³/mol. The SMILES string of the molecule is Cc1c([N+](=O)[O-])cc2c(c1C)NC(=O)C2=O. The lowest BCUT2D eigenvalue weighted by molar-refractivity contribution is -0.385. The van der Waals surface area contributed by atoms with Crippen LogP contribution in [0.3, 0.4) is 0 Å². The van der Waals surface area contributed by atoms with E-state index in [1.54, 1.807) is 13.8 Å². The number of nitro benzene ring substituents is 1. The van der Waals surface area contributed by atoms with E-state index in [-0.39, 0.29) is 11.3 Å². The summed E-state index contributed by atoms with van der Waals surface area (Å²) < 4.78 is 0. The molecule has 6 nitrogen and oxygen atoms in total. The van der Waals surface area contributed by atoms with Crippen LogP contribution in [0.1, 0.15) is 21.5 Å². The molecule has 0 unspecified atom stereocenters. The molecule has 1 amide bonds. The third-order valence-electron chi connectivity index (χ3n) is 2.76. The van der Waals surface area contributed by atoms with Crippen molar-refractivity contribution in [2.75, 3.05) is 5.32 Å². The van der Waals surface area contributed by atoms with E-state index in [0.717, 1.165) is 6.07 Å². The van der Waals surface area contributed by atoms with Gasteiger partial charge in [0.2, 0.25) is 0 Å². The van der Waals surface area contributed by atoms with E-state index < -0.39 is 16.6 Å². The van der Waals surface area contributed by atoms with Crippen molar-refractivity contribution in [3.05, 3.63) is 32.9 Å². The number of anilines is 1. The summed E-state index contributed by atoms with van der Waals surface area (Å²) in [6, 6.07) is 1.15. The van der Waals surface area contributed by atoms with E-state index in [2.05, 4.69) is 5.32 Å². The standard InChI is InChI=1S/C10H8N2O4/c1-4-5(2)8-6(3-7(4)12(15)16)9(13)10(14)11-8/h3H,1-2H3,(H,11,13,14). The molecule has 0 saturated heterocycles. The molecule has 6 heteroatoms. The van der Waals surface area contributed by atoms with Gasteiger partial charge >= 0.3 is 0 Å². The van der Waals surface area contributed by atoms with Crippen LogP contribution in [0.15, 0.2) is 6.07 Å². The fourth-order valence-corrected chi connectivity index (χ4v) is 1.72. The van der Waals surface area contributed by atoms with Gasteiger partial charge in [0, 0.05) is 11.6 Å². The molecule has 1 aliphatic rings. The fourth-order valence-electron chi connectivity index (χ4n) is 1.72. The smallest absolute Gasteiger partial charge is 0.296 e. The first-order valence-electron chi connectivity index (χ1n) is 4.57. The van der Waals surface area contributed by atoms with E-state index in [0.29, 0.717) is 16.8 Å². The Bertz CT molecular complexity index is 548. The molecule has 2 rings (SSSR count). The van der Waals surface area contributed by atoms with Crippen molar-refractivity contribution >= 4 is 23.1 Å². The van der Waals surface area contributed by atoms with E-state index >= 15 is 0 Å². The number of hydrogen-bond acceptors (Lipinski definition) is 4. The summed E-state index contributed by atoms with van der Waals surface area (Å²) in [5.74, 6) is -1.46. The molecule has 16 heavy (non-hydrogen) atoms. The van der Waals surface area contributed by atoms with Gasteiger partial charge in [0.25, 0.3) is 17.4 Å². The molecule has 0 spiro atoms. The molecule has 0 bridgehead atoms. The number of ketones is 1. The van der Waals surface area contributed by atoms with Gasteiger partial charge in [0.15, 0.2) is 0 Å². The Morgan fingerprint density at radius 3 is 2.44 bits per heavy atom. The van der Waals surface area contributed by atoms with Crippen LogP contribution in [-0.4, -0.2) is 16.6 Å². The lowest BCUT2D eigenvalue weighted by atomic mass is 10.0. The van der Waals surface area contributed by atoms with Crippen LogP contribution in [0.5, 0.6) is 0 Å². The predicted octanol–water partition coefficient (Wildman–Crippen LogP) is 1.35. The van der Waals surface area contributed by atoms with E-state index in [9.17, 15) is 19.7 Å². The van der Waals surface area contributed by atoms with Crippen LogP contribution < -0.4 is 5.32 Å². The second-order valence-corrected chi connectivity index (χ2v) is 3.61. The fraction of sp³-hybridized carbons (Fsp3) is 0.200. The van der Waals surface area contributed by atoms with E-state index in [1.807, 2.05) is 0 Å². The van der Waals surface area contributed by atoms with Crippen molar-refractivity contribution < 1.29 is 14.5 Å². The van der Waals surface area contributed by atoms with Crippen LogP contribution in [0.25, 0.3) is 0 Å². The van der Waals surface area contributed by atoms with Crippen molar-refractivity contribution in [2.24, 2.45) is 0 Å². The monoisotopic (exact) mass is 220 g/mol. The lowest BCUT2D eigenvalue weighted by Crippen LogP contribution is -2.12. The summed E-state index contributed by atoms with van der Waals surface area (Å²) >= 11 is 0. The van der Waals surface area contributed by atoms with Crippen molar-refractivity contribution in [1.29, 1.82) is 0 Å². The molecule has 1 aliphatic heterocycles. The quantitative estimate of drug-likeness (QED) is 0.439. The lowest BCUT2D eigenvalue weighted by Gasteiger charge is -2.06. The Hall–Kier alpha value is -2.24. The minimum absolute atomic E-state index is 0.0831. The molecule has 1 N–H and O–H groups in total. The van der Waals surface area contributed by atoms with Gasteiger partial charge in [0.05, 0.1) is 16.2 Å². The van der Waals surface area contributed by atoms with Crippen LogP contribution in [0.4, 0.5) is 11.4 Å². The largest absolute Gasteiger partial charge is 0.318 e. The molecule has 82 valence electrons. The highest BCUT2D eigenvalue weighted by molar-refractivity contribution is 6.52. The first kappa shape index (κ1) is 10.3. The Labute approximate surface area is 90.4 Å². The first-order chi connectivity index (χ1) is 7.43. The number of nitrogens with one attached hydrogen (secondary N) is 1. The zero-order valence-electron chi connectivity index (χ0n) is 8.66. The Balaban J connectivity index is 2.76. The highest BCUT2D eigenvalue weighted by Crippen LogP contribution is 2.34. The molecule has 0 radical (unpaired) electrons. The maximum atomic E-state index is 11.4. The Morgan fingerprint density at radius 2 is 1.88 bits per heavy atom. The summed E-state index contributed by atoms with van der Waals surface area (Å²) in [6.45, 7) is 3.22. The zero-order valence-corrected chi connectivity index (χ0v) is 8.66. The topological polar surface area (TPSA) is 89.3 Å². The number of carbonyl (C=O) groups excluding carboxylic acids is 2. The van der Waals surface area contributed by atoms with E-state index in [1.165, 1.54) is 0 Å². The van der Waals surface area contributed by atoms with Crippen LogP contribution in [-0.2, 0) is 4.79 Å². The number of fused-ring (bicyclic) bond motifs is 1. The molecule has 0 atom stereocenters. The van der Waals surface area contributed by atoms with Crippen molar-refractivity contribution in [3.63, 3.8) is 0 Å². The van der Waals surface area contributed by atoms with Crippen molar-refractivity contribution in [2.45, 2.75) is 13.8 Å². The second-order valence-electron chi connectivity index (χ2n) is 3.61. The number of nitrogens with zero attached hydrogens (tertiary/aromatic N) is 1. The van der Waals surface area contributed by atoms with Gasteiger partial charge in [-0.15, -0.1) is 0 Å². The average Bonchev–Trinajstić information content (AvgIpc) is 2.50. The Morgan fingerprint density at radius 1 is 1.25 bits per heavy atom. The number of benzene rings is 1. The number of carbonyl (C=O) groups is 2. The number of amides is 1. The molecular formula is C10H8N2O4. The average molecular weight is 220 g/mol. The van der Waals surface area contributed by atoms with Crippen molar-refractivity contribution in [3.8, 4) is 0 Å². The number of nitro groups is 1. The highest BCUT2D eigenvalue weighted by atomic mass is 16.6. The van der Waals surface area contributed by atoms with Gasteiger partial charge in [-0.05, 0) is 19.4 Å². The van der Waals surface area contributed by atoms with Gasteiger partial charge in [-0.2, -0.15) is 0 Å². The summed E-state index contributed by atoms with van der Waals surface area (Å²) in [6.07, 6.45) is 0. The molecule has 1 aromatic rings. The maximum Gasteiger partial charge on any atom is 0.296 e. The molecule has 1 aromatic carbocycles. The summed E-state index contributed by atoms with van der Waals surface area (Å²) in [4.78, 5) is 32.7. The first-order valence-corrected chi connectivity index (χ1v) is 4.57.